The van der Waals surface area contributed by atoms with Crippen LogP contribution in [0.1, 0.15) is 27.3 Å². The van der Waals surface area contributed by atoms with Crippen LogP contribution < -0.4 is 14.8 Å². The minimum absolute atomic E-state index is 0.252. The quantitative estimate of drug-likeness (QED) is 0.748. The zero-order chi connectivity index (χ0) is 19.6. The Morgan fingerprint density at radius 3 is 2.37 bits per heavy atom. The van der Waals surface area contributed by atoms with Crippen LogP contribution in [0.2, 0.25) is 0 Å². The molecule has 0 spiro atoms. The number of aryl methyl sites for hydroxylation is 2. The molecule has 1 aromatic heterocycles. The smallest absolute Gasteiger partial charge is 0.278 e. The molecular weight excluding hydrogens is 344 g/mol. The number of nitrogens with one attached hydrogen (secondary N) is 1. The number of rotatable bonds is 5. The fourth-order valence-electron chi connectivity index (χ4n) is 2.98. The second-order valence-electron chi connectivity index (χ2n) is 6.20. The highest BCUT2D eigenvalue weighted by atomic mass is 16.5. The maximum absolute atomic E-state index is 12.8. The highest BCUT2D eigenvalue weighted by molar-refractivity contribution is 6.04. The van der Waals surface area contributed by atoms with Crippen LogP contribution >= 0.6 is 0 Å². The minimum atomic E-state index is -0.364. The Bertz CT molecular complexity index is 975. The van der Waals surface area contributed by atoms with E-state index in [1.54, 1.807) is 37.1 Å². The van der Waals surface area contributed by atoms with Crippen molar-refractivity contribution in [2.45, 2.75) is 20.8 Å². The number of carbonyl (C=O) groups is 1. The molecule has 0 aliphatic heterocycles. The third-order valence-corrected chi connectivity index (χ3v) is 4.42. The van der Waals surface area contributed by atoms with Crippen LogP contribution in [0.25, 0.3) is 5.69 Å². The summed E-state index contributed by atoms with van der Waals surface area (Å²) < 4.78 is 12.2. The van der Waals surface area contributed by atoms with E-state index >= 15 is 0 Å². The Morgan fingerprint density at radius 2 is 1.74 bits per heavy atom. The van der Waals surface area contributed by atoms with Gasteiger partial charge in [0.25, 0.3) is 5.91 Å². The van der Waals surface area contributed by atoms with Gasteiger partial charge in [0.05, 0.1) is 31.3 Å². The molecule has 0 saturated carbocycles. The largest absolute Gasteiger partial charge is 0.497 e. The van der Waals surface area contributed by atoms with Crippen molar-refractivity contribution in [1.29, 1.82) is 0 Å². The number of benzene rings is 2. The van der Waals surface area contributed by atoms with Crippen LogP contribution in [0.5, 0.6) is 11.5 Å². The first kappa shape index (κ1) is 18.4. The van der Waals surface area contributed by atoms with E-state index in [0.29, 0.717) is 22.9 Å². The summed E-state index contributed by atoms with van der Waals surface area (Å²) in [7, 11) is 3.10. The predicted octanol–water partition coefficient (Wildman–Crippen LogP) is 3.46. The predicted molar refractivity (Wildman–Crippen MR) is 103 cm³/mol. The summed E-state index contributed by atoms with van der Waals surface area (Å²) in [5.74, 6) is 0.780. The van der Waals surface area contributed by atoms with Gasteiger partial charge in [0.1, 0.15) is 11.5 Å². The first-order chi connectivity index (χ1) is 13.0. The van der Waals surface area contributed by atoms with Crippen LogP contribution in [-0.2, 0) is 0 Å². The van der Waals surface area contributed by atoms with Crippen molar-refractivity contribution in [3.63, 3.8) is 0 Å². The van der Waals surface area contributed by atoms with Crippen molar-refractivity contribution < 1.29 is 14.3 Å². The first-order valence-corrected chi connectivity index (χ1v) is 8.48. The SMILES string of the molecule is COc1ccc(OC)c(NC(=O)c2nnn(-c3c(C)cccc3C)c2C)c1. The molecule has 0 aliphatic carbocycles. The zero-order valence-corrected chi connectivity index (χ0v) is 16.0. The summed E-state index contributed by atoms with van der Waals surface area (Å²) in [5, 5.41) is 11.1. The Labute approximate surface area is 157 Å². The van der Waals surface area contributed by atoms with E-state index in [4.69, 9.17) is 9.47 Å². The molecule has 27 heavy (non-hydrogen) atoms. The van der Waals surface area contributed by atoms with E-state index in [1.807, 2.05) is 39.0 Å². The molecule has 7 nitrogen and oxygen atoms in total. The lowest BCUT2D eigenvalue weighted by atomic mass is 10.1. The van der Waals surface area contributed by atoms with Gasteiger partial charge in [-0.1, -0.05) is 23.4 Å². The summed E-state index contributed by atoms with van der Waals surface area (Å²) >= 11 is 0. The van der Waals surface area contributed by atoms with E-state index in [0.717, 1.165) is 16.8 Å². The lowest BCUT2D eigenvalue weighted by Crippen LogP contribution is -2.15. The van der Waals surface area contributed by atoms with E-state index < -0.39 is 0 Å². The van der Waals surface area contributed by atoms with Gasteiger partial charge in [0.2, 0.25) is 0 Å². The second-order valence-corrected chi connectivity index (χ2v) is 6.20. The molecule has 0 saturated heterocycles. The van der Waals surface area contributed by atoms with Gasteiger partial charge < -0.3 is 14.8 Å². The summed E-state index contributed by atoms with van der Waals surface area (Å²) in [6.07, 6.45) is 0. The number of aromatic nitrogens is 3. The van der Waals surface area contributed by atoms with Gasteiger partial charge in [-0.15, -0.1) is 5.10 Å². The van der Waals surface area contributed by atoms with Crippen molar-refractivity contribution in [1.82, 2.24) is 15.0 Å². The molecule has 3 aromatic rings. The zero-order valence-electron chi connectivity index (χ0n) is 16.0. The summed E-state index contributed by atoms with van der Waals surface area (Å²) in [4.78, 5) is 12.8. The average molecular weight is 366 g/mol. The molecular formula is C20H22N4O3. The molecule has 0 unspecified atom stereocenters. The Morgan fingerprint density at radius 1 is 1.04 bits per heavy atom. The number of methoxy groups -OCH3 is 2. The monoisotopic (exact) mass is 366 g/mol. The van der Waals surface area contributed by atoms with Gasteiger partial charge in [0.15, 0.2) is 5.69 Å². The van der Waals surface area contributed by atoms with E-state index in [9.17, 15) is 4.79 Å². The number of para-hydroxylation sites is 1. The number of hydrogen-bond donors (Lipinski definition) is 1. The van der Waals surface area contributed by atoms with Crippen LogP contribution in [0, 0.1) is 20.8 Å². The first-order valence-electron chi connectivity index (χ1n) is 8.48. The number of amides is 1. The van der Waals surface area contributed by atoms with E-state index in [1.165, 1.54) is 0 Å². The van der Waals surface area contributed by atoms with Crippen molar-refractivity contribution >= 4 is 11.6 Å². The summed E-state index contributed by atoms with van der Waals surface area (Å²) in [6, 6.07) is 11.2. The van der Waals surface area contributed by atoms with Crippen molar-refractivity contribution in [2.75, 3.05) is 19.5 Å². The molecule has 1 N–H and O–H groups in total. The maximum Gasteiger partial charge on any atom is 0.278 e. The third kappa shape index (κ3) is 3.48. The molecule has 7 heteroatoms. The second kappa shape index (κ2) is 7.49. The fourth-order valence-corrected chi connectivity index (χ4v) is 2.98. The highest BCUT2D eigenvalue weighted by Crippen LogP contribution is 2.29. The molecule has 2 aromatic carbocycles. The lowest BCUT2D eigenvalue weighted by molar-refractivity contribution is 0.102. The topological polar surface area (TPSA) is 78.3 Å². The molecule has 1 amide bonds. The molecule has 3 rings (SSSR count). The fraction of sp³-hybridized carbons (Fsp3) is 0.250. The number of carbonyl (C=O) groups excluding carboxylic acids is 1. The van der Waals surface area contributed by atoms with Gasteiger partial charge in [-0.3, -0.25) is 4.79 Å². The number of hydrogen-bond acceptors (Lipinski definition) is 5. The number of nitrogens with zero attached hydrogens (tertiary/aromatic N) is 3. The van der Waals surface area contributed by atoms with Gasteiger partial charge in [0, 0.05) is 6.07 Å². The molecule has 0 atom stereocenters. The molecule has 0 radical (unpaired) electrons. The van der Waals surface area contributed by atoms with Gasteiger partial charge in [-0.25, -0.2) is 4.68 Å². The minimum Gasteiger partial charge on any atom is -0.497 e. The molecule has 140 valence electrons. The van der Waals surface area contributed by atoms with Gasteiger partial charge in [-0.05, 0) is 44.0 Å². The van der Waals surface area contributed by atoms with Crippen LogP contribution in [0.4, 0.5) is 5.69 Å². The van der Waals surface area contributed by atoms with Gasteiger partial charge in [-0.2, -0.15) is 0 Å². The summed E-state index contributed by atoms with van der Waals surface area (Å²) in [6.45, 7) is 5.83. The van der Waals surface area contributed by atoms with Crippen LogP contribution in [0.15, 0.2) is 36.4 Å². The number of ether oxygens (including phenoxy) is 2. The van der Waals surface area contributed by atoms with E-state index in [-0.39, 0.29) is 11.6 Å². The third-order valence-electron chi connectivity index (χ3n) is 4.42. The van der Waals surface area contributed by atoms with Crippen molar-refractivity contribution in [2.24, 2.45) is 0 Å². The van der Waals surface area contributed by atoms with Crippen molar-refractivity contribution in [3.8, 4) is 17.2 Å². The van der Waals surface area contributed by atoms with Gasteiger partial charge >= 0.3 is 0 Å². The molecule has 0 aliphatic rings. The Balaban J connectivity index is 1.95. The summed E-state index contributed by atoms with van der Waals surface area (Å²) in [5.41, 5.74) is 4.46. The standard InChI is InChI=1S/C20H22N4O3/c1-12-7-6-8-13(2)19(12)24-14(3)18(22-23-24)20(25)21-16-11-15(26-4)9-10-17(16)27-5/h6-11H,1-5H3,(H,21,25). The molecule has 0 bridgehead atoms. The average Bonchev–Trinajstić information content (AvgIpc) is 3.03. The number of anilines is 1. The lowest BCUT2D eigenvalue weighted by Gasteiger charge is -2.12. The molecule has 1 heterocycles. The van der Waals surface area contributed by atoms with Crippen LogP contribution in [-0.4, -0.2) is 35.1 Å². The Hall–Kier alpha value is -3.35. The molecule has 0 fully saturated rings. The Kier molecular flexibility index (Phi) is 5.12. The van der Waals surface area contributed by atoms with Crippen LogP contribution in [0.3, 0.4) is 0 Å². The van der Waals surface area contributed by atoms with Crippen molar-refractivity contribution in [3.05, 3.63) is 58.9 Å². The maximum atomic E-state index is 12.8. The highest BCUT2D eigenvalue weighted by Gasteiger charge is 2.20. The van der Waals surface area contributed by atoms with E-state index in [2.05, 4.69) is 15.6 Å². The normalized spacial score (nSPS) is 10.6.